The number of halogens is 2. The van der Waals surface area contributed by atoms with E-state index in [2.05, 4.69) is 5.10 Å². The summed E-state index contributed by atoms with van der Waals surface area (Å²) >= 11 is 0. The molecule has 0 radical (unpaired) electrons. The minimum absolute atomic E-state index is 0.398. The van der Waals surface area contributed by atoms with Crippen LogP contribution >= 0.6 is 0 Å². The maximum absolute atomic E-state index is 11.7. The van der Waals surface area contributed by atoms with Crippen molar-refractivity contribution >= 4 is 0 Å². The molecule has 1 heterocycles. The number of rotatable bonds is 3. The van der Waals surface area contributed by atoms with Gasteiger partial charge in [-0.1, -0.05) is 0 Å². The molecule has 5 heteroatoms. The number of hydrogen-bond acceptors (Lipinski definition) is 2. The van der Waals surface area contributed by atoms with Crippen molar-refractivity contribution in [1.29, 1.82) is 0 Å². The third-order valence-electron chi connectivity index (χ3n) is 1.40. The molecule has 0 saturated carbocycles. The Morgan fingerprint density at radius 1 is 1.67 bits per heavy atom. The molecule has 0 N–H and O–H groups in total. The fourth-order valence-electron chi connectivity index (χ4n) is 0.885. The van der Waals surface area contributed by atoms with E-state index in [1.807, 2.05) is 0 Å². The number of nitrogens with zero attached hydrogens (tertiary/aromatic N) is 2. The molecule has 0 saturated heterocycles. The van der Waals surface area contributed by atoms with Gasteiger partial charge in [0.05, 0.1) is 6.20 Å². The Labute approximate surface area is 68.9 Å². The highest BCUT2D eigenvalue weighted by Crippen LogP contribution is 2.15. The molecule has 1 rings (SSSR count). The molecule has 0 spiro atoms. The van der Waals surface area contributed by atoms with E-state index >= 15 is 0 Å². The molecular formula is C7H10F2N2O. The zero-order valence-corrected chi connectivity index (χ0v) is 6.92. The summed E-state index contributed by atoms with van der Waals surface area (Å²) in [6, 6.07) is 0. The van der Waals surface area contributed by atoms with Crippen LogP contribution in [0.2, 0.25) is 0 Å². The van der Waals surface area contributed by atoms with Gasteiger partial charge in [0, 0.05) is 12.6 Å². The smallest absolute Gasteiger partial charge is 0.272 e. The first kappa shape index (κ1) is 8.96. The highest BCUT2D eigenvalue weighted by atomic mass is 19.3. The molecular weight excluding hydrogens is 166 g/mol. The predicted molar refractivity (Wildman–Crippen MR) is 39.4 cm³/mol. The molecule has 0 atom stereocenters. The van der Waals surface area contributed by atoms with Gasteiger partial charge in [0.25, 0.3) is 6.43 Å². The van der Waals surface area contributed by atoms with Gasteiger partial charge >= 0.3 is 0 Å². The van der Waals surface area contributed by atoms with Gasteiger partial charge in [-0.3, -0.25) is 0 Å². The van der Waals surface area contributed by atoms with Gasteiger partial charge in [-0.25, -0.2) is 13.5 Å². The fraction of sp³-hybridized carbons (Fsp3) is 0.571. The topological polar surface area (TPSA) is 27.1 Å². The molecule has 0 aliphatic heterocycles. The average molecular weight is 176 g/mol. The summed E-state index contributed by atoms with van der Waals surface area (Å²) in [4.78, 5) is 0. The van der Waals surface area contributed by atoms with Crippen LogP contribution in [-0.4, -0.2) is 22.8 Å². The number of alkyl halides is 2. The van der Waals surface area contributed by atoms with Gasteiger partial charge in [-0.05, 0) is 6.92 Å². The van der Waals surface area contributed by atoms with Gasteiger partial charge < -0.3 is 4.74 Å². The Morgan fingerprint density at radius 2 is 2.33 bits per heavy atom. The molecule has 0 aliphatic carbocycles. The second kappa shape index (κ2) is 3.51. The zero-order chi connectivity index (χ0) is 9.14. The van der Waals surface area contributed by atoms with Crippen molar-refractivity contribution in [2.45, 2.75) is 13.3 Å². The van der Waals surface area contributed by atoms with Gasteiger partial charge in [0.15, 0.2) is 6.61 Å². The molecule has 0 aromatic carbocycles. The van der Waals surface area contributed by atoms with Crippen LogP contribution in [0, 0.1) is 6.92 Å². The van der Waals surface area contributed by atoms with Crippen LogP contribution in [0.25, 0.3) is 0 Å². The summed E-state index contributed by atoms with van der Waals surface area (Å²) < 4.78 is 29.7. The summed E-state index contributed by atoms with van der Waals surface area (Å²) in [6.45, 7) is 1.17. The highest BCUT2D eigenvalue weighted by molar-refractivity contribution is 5.21. The number of hydrogen-bond donors (Lipinski definition) is 0. The van der Waals surface area contributed by atoms with E-state index in [0.29, 0.717) is 5.88 Å². The van der Waals surface area contributed by atoms with Crippen LogP contribution < -0.4 is 4.74 Å². The van der Waals surface area contributed by atoms with Crippen LogP contribution in [0.4, 0.5) is 8.78 Å². The summed E-state index contributed by atoms with van der Waals surface area (Å²) in [6.07, 6.45) is -0.875. The third kappa shape index (κ3) is 1.93. The van der Waals surface area contributed by atoms with Crippen LogP contribution in [0.15, 0.2) is 6.20 Å². The first-order chi connectivity index (χ1) is 5.61. The third-order valence-corrected chi connectivity index (χ3v) is 1.40. The molecule has 0 unspecified atom stereocenters. The Balaban J connectivity index is 2.62. The summed E-state index contributed by atoms with van der Waals surface area (Å²) in [5.41, 5.74) is 0.762. The van der Waals surface area contributed by atoms with Gasteiger partial charge in [0.2, 0.25) is 5.88 Å². The van der Waals surface area contributed by atoms with Gasteiger partial charge in [-0.2, -0.15) is 5.10 Å². The monoisotopic (exact) mass is 176 g/mol. The van der Waals surface area contributed by atoms with Crippen LogP contribution in [0.5, 0.6) is 5.88 Å². The quantitative estimate of drug-likeness (QED) is 0.695. The standard InChI is InChI=1S/C7H10F2N2O/c1-5-3-10-11(2)7(5)12-4-6(8)9/h3,6H,4H2,1-2H3. The highest BCUT2D eigenvalue weighted by Gasteiger charge is 2.08. The Morgan fingerprint density at radius 3 is 2.75 bits per heavy atom. The number of aryl methyl sites for hydroxylation is 2. The fourth-order valence-corrected chi connectivity index (χ4v) is 0.885. The Bertz CT molecular complexity index is 240. The van der Waals surface area contributed by atoms with Crippen molar-refractivity contribution in [1.82, 2.24) is 9.78 Å². The van der Waals surface area contributed by atoms with Crippen molar-refractivity contribution in [3.8, 4) is 5.88 Å². The van der Waals surface area contributed by atoms with Crippen molar-refractivity contribution in [2.24, 2.45) is 7.05 Å². The molecule has 0 fully saturated rings. The second-order valence-electron chi connectivity index (χ2n) is 2.46. The summed E-state index contributed by atoms with van der Waals surface area (Å²) in [5, 5.41) is 3.84. The molecule has 0 bridgehead atoms. The minimum atomic E-state index is -2.45. The molecule has 1 aromatic heterocycles. The van der Waals surface area contributed by atoms with E-state index < -0.39 is 13.0 Å². The van der Waals surface area contributed by atoms with Crippen molar-refractivity contribution in [3.05, 3.63) is 11.8 Å². The van der Waals surface area contributed by atoms with E-state index in [-0.39, 0.29) is 0 Å². The van der Waals surface area contributed by atoms with E-state index in [4.69, 9.17) is 4.74 Å². The van der Waals surface area contributed by atoms with Crippen molar-refractivity contribution in [3.63, 3.8) is 0 Å². The Kier molecular flexibility index (Phi) is 2.62. The normalized spacial score (nSPS) is 10.8. The van der Waals surface area contributed by atoms with E-state index in [9.17, 15) is 8.78 Å². The number of ether oxygens (including phenoxy) is 1. The van der Waals surface area contributed by atoms with Gasteiger partial charge in [-0.15, -0.1) is 0 Å². The first-order valence-electron chi connectivity index (χ1n) is 3.51. The molecule has 68 valence electrons. The molecule has 0 aliphatic rings. The Hall–Kier alpha value is -1.13. The maximum Gasteiger partial charge on any atom is 0.272 e. The lowest BCUT2D eigenvalue weighted by molar-refractivity contribution is 0.0771. The summed E-state index contributed by atoms with van der Waals surface area (Å²) in [7, 11) is 1.65. The average Bonchev–Trinajstić information content (AvgIpc) is 2.28. The first-order valence-corrected chi connectivity index (χ1v) is 3.51. The predicted octanol–water partition coefficient (Wildman–Crippen LogP) is 1.37. The van der Waals surface area contributed by atoms with E-state index in [0.717, 1.165) is 5.56 Å². The summed E-state index contributed by atoms with van der Waals surface area (Å²) in [5.74, 6) is 0.398. The number of aromatic nitrogens is 2. The maximum atomic E-state index is 11.7. The lowest BCUT2D eigenvalue weighted by atomic mass is 10.4. The second-order valence-corrected chi connectivity index (χ2v) is 2.46. The molecule has 0 amide bonds. The van der Waals surface area contributed by atoms with E-state index in [1.165, 1.54) is 4.68 Å². The minimum Gasteiger partial charge on any atom is -0.472 e. The van der Waals surface area contributed by atoms with Crippen LogP contribution in [0.1, 0.15) is 5.56 Å². The van der Waals surface area contributed by atoms with Crippen molar-refractivity contribution in [2.75, 3.05) is 6.61 Å². The molecule has 3 nitrogen and oxygen atoms in total. The molecule has 12 heavy (non-hydrogen) atoms. The zero-order valence-electron chi connectivity index (χ0n) is 6.92. The van der Waals surface area contributed by atoms with Crippen molar-refractivity contribution < 1.29 is 13.5 Å². The van der Waals surface area contributed by atoms with Gasteiger partial charge in [0.1, 0.15) is 0 Å². The lowest BCUT2D eigenvalue weighted by Gasteiger charge is -2.05. The van der Waals surface area contributed by atoms with E-state index in [1.54, 1.807) is 20.2 Å². The van der Waals surface area contributed by atoms with Crippen LogP contribution in [0.3, 0.4) is 0 Å². The SMILES string of the molecule is Cc1cnn(C)c1OCC(F)F. The van der Waals surface area contributed by atoms with Crippen LogP contribution in [-0.2, 0) is 7.05 Å². The lowest BCUT2D eigenvalue weighted by Crippen LogP contribution is -2.10. The molecule has 1 aromatic rings. The largest absolute Gasteiger partial charge is 0.472 e.